The number of piperidine rings is 1. The number of aliphatic hydroxyl groups is 1. The van der Waals surface area contributed by atoms with Gasteiger partial charge in [-0.15, -0.1) is 0 Å². The Morgan fingerprint density at radius 2 is 2.12 bits per heavy atom. The van der Waals surface area contributed by atoms with Gasteiger partial charge in [-0.25, -0.2) is 4.79 Å². The second-order valence-corrected chi connectivity index (χ2v) is 6.84. The van der Waals surface area contributed by atoms with Crippen LogP contribution in [0.3, 0.4) is 0 Å². The van der Waals surface area contributed by atoms with Crippen molar-refractivity contribution in [2.24, 2.45) is 0 Å². The first kappa shape index (κ1) is 18.8. The third kappa shape index (κ3) is 5.48. The Hall–Kier alpha value is -2.03. The number of amides is 1. The van der Waals surface area contributed by atoms with E-state index in [2.05, 4.69) is 15.5 Å². The molecule has 144 valence electrons. The summed E-state index contributed by atoms with van der Waals surface area (Å²) in [4.78, 5) is 12.8. The van der Waals surface area contributed by atoms with Gasteiger partial charge in [-0.2, -0.15) is 0 Å². The van der Waals surface area contributed by atoms with Crippen molar-refractivity contribution in [1.29, 1.82) is 0 Å². The molecule has 2 aliphatic rings. The van der Waals surface area contributed by atoms with Crippen LogP contribution in [0.15, 0.2) is 24.3 Å². The minimum atomic E-state index is -1.12. The average molecular weight is 365 g/mol. The van der Waals surface area contributed by atoms with E-state index < -0.39 is 12.2 Å². The maximum atomic E-state index is 10.4. The van der Waals surface area contributed by atoms with Crippen LogP contribution in [0.1, 0.15) is 12.8 Å². The molecule has 26 heavy (non-hydrogen) atoms. The molecule has 3 unspecified atom stereocenters. The lowest BCUT2D eigenvalue weighted by atomic mass is 10.0. The number of carboxylic acid groups (broad SMARTS) is 1. The van der Waals surface area contributed by atoms with Gasteiger partial charge in [0.15, 0.2) is 11.5 Å². The number of benzene rings is 1. The van der Waals surface area contributed by atoms with E-state index in [0.29, 0.717) is 13.2 Å². The van der Waals surface area contributed by atoms with Crippen molar-refractivity contribution in [3.8, 4) is 11.5 Å². The number of hydrogen-bond donors (Lipinski definition) is 4. The Morgan fingerprint density at radius 1 is 1.31 bits per heavy atom. The summed E-state index contributed by atoms with van der Waals surface area (Å²) in [5, 5.41) is 23.9. The predicted molar refractivity (Wildman–Crippen MR) is 95.9 cm³/mol. The number of para-hydroxylation sites is 2. The molecule has 0 radical (unpaired) electrons. The van der Waals surface area contributed by atoms with Gasteiger partial charge in [0, 0.05) is 32.2 Å². The van der Waals surface area contributed by atoms with Gasteiger partial charge in [-0.05, 0) is 31.5 Å². The molecule has 2 heterocycles. The van der Waals surface area contributed by atoms with E-state index in [-0.39, 0.29) is 18.7 Å². The third-order valence-electron chi connectivity index (χ3n) is 4.67. The number of carbonyl (C=O) groups is 1. The summed E-state index contributed by atoms with van der Waals surface area (Å²) in [6, 6.07) is 7.99. The Kier molecular flexibility index (Phi) is 6.54. The fourth-order valence-electron chi connectivity index (χ4n) is 3.41. The molecule has 3 atom stereocenters. The number of ether oxygens (including phenoxy) is 2. The normalized spacial score (nSPS) is 24.0. The number of rotatable bonds is 7. The Morgan fingerprint density at radius 3 is 2.92 bits per heavy atom. The molecule has 1 aromatic rings. The minimum Gasteiger partial charge on any atom is -0.486 e. The Balaban J connectivity index is 1.40. The summed E-state index contributed by atoms with van der Waals surface area (Å²) < 4.78 is 11.8. The van der Waals surface area contributed by atoms with Gasteiger partial charge in [-0.3, -0.25) is 4.90 Å². The lowest BCUT2D eigenvalue weighted by molar-refractivity contribution is 0.0475. The number of nitrogens with zero attached hydrogens (tertiary/aromatic N) is 1. The van der Waals surface area contributed by atoms with Crippen LogP contribution in [0.5, 0.6) is 11.5 Å². The molecular weight excluding hydrogens is 338 g/mol. The molecule has 0 bridgehead atoms. The van der Waals surface area contributed by atoms with E-state index >= 15 is 0 Å². The fourth-order valence-corrected chi connectivity index (χ4v) is 3.41. The highest BCUT2D eigenvalue weighted by molar-refractivity contribution is 5.64. The number of hydrogen-bond acceptors (Lipinski definition) is 6. The molecule has 2 aliphatic heterocycles. The fraction of sp³-hybridized carbons (Fsp3) is 0.611. The third-order valence-corrected chi connectivity index (χ3v) is 4.67. The van der Waals surface area contributed by atoms with Crippen LogP contribution in [-0.4, -0.2) is 78.8 Å². The van der Waals surface area contributed by atoms with Crippen molar-refractivity contribution in [3.63, 3.8) is 0 Å². The standard InChI is InChI=1S/C18H27N3O5/c22-14(9-20-18(23)24)8-19-13-4-3-7-21(10-13)11-15-12-25-16-5-1-2-6-17(16)26-15/h1-2,5-6,13-15,19-20,22H,3-4,7-12H2,(H,23,24). The molecule has 1 fully saturated rings. The number of aliphatic hydroxyl groups excluding tert-OH is 1. The van der Waals surface area contributed by atoms with E-state index in [0.717, 1.165) is 44.0 Å². The van der Waals surface area contributed by atoms with Crippen LogP contribution in [0, 0.1) is 0 Å². The second-order valence-electron chi connectivity index (χ2n) is 6.84. The number of likely N-dealkylation sites (tertiary alicyclic amines) is 1. The zero-order valence-corrected chi connectivity index (χ0v) is 14.8. The van der Waals surface area contributed by atoms with Crippen molar-refractivity contribution < 1.29 is 24.5 Å². The predicted octanol–water partition coefficient (Wildman–Crippen LogP) is 0.509. The van der Waals surface area contributed by atoms with Crippen LogP contribution in [0.4, 0.5) is 4.79 Å². The Labute approximate surface area is 153 Å². The Bertz CT molecular complexity index is 600. The van der Waals surface area contributed by atoms with Crippen LogP contribution >= 0.6 is 0 Å². The van der Waals surface area contributed by atoms with Crippen LogP contribution < -0.4 is 20.1 Å². The first-order valence-electron chi connectivity index (χ1n) is 9.09. The molecule has 3 rings (SSSR count). The van der Waals surface area contributed by atoms with Crippen molar-refractivity contribution in [1.82, 2.24) is 15.5 Å². The maximum Gasteiger partial charge on any atom is 0.404 e. The zero-order valence-electron chi connectivity index (χ0n) is 14.8. The molecule has 0 saturated carbocycles. The highest BCUT2D eigenvalue weighted by Gasteiger charge is 2.26. The van der Waals surface area contributed by atoms with Crippen LogP contribution in [0.2, 0.25) is 0 Å². The molecule has 8 heteroatoms. The van der Waals surface area contributed by atoms with Gasteiger partial charge >= 0.3 is 6.09 Å². The van der Waals surface area contributed by atoms with Gasteiger partial charge in [0.1, 0.15) is 12.7 Å². The highest BCUT2D eigenvalue weighted by Crippen LogP contribution is 2.31. The maximum absolute atomic E-state index is 10.4. The molecule has 8 nitrogen and oxygen atoms in total. The molecular formula is C18H27N3O5. The zero-order chi connectivity index (χ0) is 18.4. The SMILES string of the molecule is O=C(O)NCC(O)CNC1CCCN(CC2COc3ccccc3O2)C1. The van der Waals surface area contributed by atoms with Crippen LogP contribution in [-0.2, 0) is 0 Å². The second kappa shape index (κ2) is 9.07. The van der Waals surface area contributed by atoms with Crippen LogP contribution in [0.25, 0.3) is 0 Å². The molecule has 0 aromatic heterocycles. The van der Waals surface area contributed by atoms with E-state index in [1.165, 1.54) is 0 Å². The van der Waals surface area contributed by atoms with Gasteiger partial charge in [0.2, 0.25) is 0 Å². The van der Waals surface area contributed by atoms with Crippen molar-refractivity contribution >= 4 is 6.09 Å². The van der Waals surface area contributed by atoms with E-state index in [1.54, 1.807) is 0 Å². The summed E-state index contributed by atoms with van der Waals surface area (Å²) in [5.74, 6) is 1.59. The molecule has 0 spiro atoms. The molecule has 0 aliphatic carbocycles. The lowest BCUT2D eigenvalue weighted by Crippen LogP contribution is -2.51. The van der Waals surface area contributed by atoms with Gasteiger partial charge in [-0.1, -0.05) is 12.1 Å². The topological polar surface area (TPSA) is 103 Å². The summed E-state index contributed by atoms with van der Waals surface area (Å²) >= 11 is 0. The van der Waals surface area contributed by atoms with E-state index in [4.69, 9.17) is 14.6 Å². The molecule has 1 aromatic carbocycles. The molecule has 1 amide bonds. The summed E-state index contributed by atoms with van der Waals surface area (Å²) in [7, 11) is 0. The summed E-state index contributed by atoms with van der Waals surface area (Å²) in [6.45, 7) is 3.64. The van der Waals surface area contributed by atoms with E-state index in [1.807, 2.05) is 24.3 Å². The quantitative estimate of drug-likeness (QED) is 0.558. The monoisotopic (exact) mass is 365 g/mol. The summed E-state index contributed by atoms with van der Waals surface area (Å²) in [6.07, 6.45) is 0.275. The van der Waals surface area contributed by atoms with E-state index in [9.17, 15) is 9.90 Å². The van der Waals surface area contributed by atoms with Gasteiger partial charge in [0.25, 0.3) is 0 Å². The van der Waals surface area contributed by atoms with Crippen molar-refractivity contribution in [2.45, 2.75) is 31.1 Å². The smallest absolute Gasteiger partial charge is 0.404 e. The number of fused-ring (bicyclic) bond motifs is 1. The first-order valence-corrected chi connectivity index (χ1v) is 9.09. The largest absolute Gasteiger partial charge is 0.486 e. The first-order chi connectivity index (χ1) is 12.6. The van der Waals surface area contributed by atoms with Crippen molar-refractivity contribution in [2.75, 3.05) is 39.3 Å². The molecule has 4 N–H and O–H groups in total. The highest BCUT2D eigenvalue weighted by atomic mass is 16.6. The minimum absolute atomic E-state index is 0.00834. The van der Waals surface area contributed by atoms with Gasteiger partial charge in [0.05, 0.1) is 6.10 Å². The summed E-state index contributed by atoms with van der Waals surface area (Å²) in [5.41, 5.74) is 0. The lowest BCUT2D eigenvalue weighted by Gasteiger charge is -2.36. The number of nitrogens with one attached hydrogen (secondary N) is 2. The van der Waals surface area contributed by atoms with Crippen molar-refractivity contribution in [3.05, 3.63) is 24.3 Å². The molecule has 1 saturated heterocycles. The average Bonchev–Trinajstić information content (AvgIpc) is 2.65. The van der Waals surface area contributed by atoms with Gasteiger partial charge < -0.3 is 30.3 Å².